The van der Waals surface area contributed by atoms with Crippen LogP contribution < -0.4 is 10.1 Å². The number of nitrogens with one attached hydrogen (secondary N) is 1. The molecule has 9 heteroatoms. The number of anilines is 1. The molecule has 1 amide bonds. The average Bonchev–Trinajstić information content (AvgIpc) is 3.10. The van der Waals surface area contributed by atoms with Gasteiger partial charge in [-0.1, -0.05) is 29.4 Å². The maximum atomic E-state index is 12.9. The number of ether oxygens (including phenoxy) is 1. The predicted molar refractivity (Wildman–Crippen MR) is 112 cm³/mol. The highest BCUT2D eigenvalue weighted by molar-refractivity contribution is 7.99. The molecule has 0 aliphatic carbocycles. The number of hydrogen-bond acceptors (Lipinski definition) is 5. The van der Waals surface area contributed by atoms with Crippen molar-refractivity contribution < 1.29 is 13.9 Å². The topological polar surface area (TPSA) is 69.0 Å². The van der Waals surface area contributed by atoms with Gasteiger partial charge in [0.15, 0.2) is 11.0 Å². The van der Waals surface area contributed by atoms with E-state index in [9.17, 15) is 9.18 Å². The maximum Gasteiger partial charge on any atom is 0.234 e. The Hall–Kier alpha value is -2.58. The Balaban J connectivity index is 1.59. The van der Waals surface area contributed by atoms with Crippen molar-refractivity contribution in [1.82, 2.24) is 14.8 Å². The summed E-state index contributed by atoms with van der Waals surface area (Å²) in [4.78, 5) is 12.1. The molecular formula is C20H20ClFN4O2S. The first kappa shape index (κ1) is 21.1. The fraction of sp³-hybridized carbons (Fsp3) is 0.250. The number of nitrogens with zero attached hydrogens (tertiary/aromatic N) is 3. The van der Waals surface area contributed by atoms with Gasteiger partial charge in [-0.15, -0.1) is 10.2 Å². The SMILES string of the molecule is CCn1c(COc2cc(C)ccc2Cl)nnc1SCC(=O)Nc1ccc(F)cc1. The van der Waals surface area contributed by atoms with E-state index >= 15 is 0 Å². The summed E-state index contributed by atoms with van der Waals surface area (Å²) in [5, 5.41) is 12.2. The average molecular weight is 435 g/mol. The summed E-state index contributed by atoms with van der Waals surface area (Å²) in [5.74, 6) is 0.823. The zero-order chi connectivity index (χ0) is 20.8. The molecule has 0 aliphatic rings. The second-order valence-corrected chi connectivity index (χ2v) is 7.56. The van der Waals surface area contributed by atoms with E-state index in [2.05, 4.69) is 15.5 Å². The highest BCUT2D eigenvalue weighted by atomic mass is 35.5. The Morgan fingerprint density at radius 2 is 2.00 bits per heavy atom. The van der Waals surface area contributed by atoms with Crippen LogP contribution in [0, 0.1) is 12.7 Å². The van der Waals surface area contributed by atoms with Crippen LogP contribution in [0.2, 0.25) is 5.02 Å². The number of carbonyl (C=O) groups excluding carboxylic acids is 1. The molecule has 6 nitrogen and oxygen atoms in total. The third-order valence-electron chi connectivity index (χ3n) is 4.01. The Labute approximate surface area is 177 Å². The van der Waals surface area contributed by atoms with E-state index in [0.717, 1.165) is 5.56 Å². The molecule has 152 valence electrons. The number of rotatable bonds is 8. The van der Waals surface area contributed by atoms with Crippen LogP contribution in [0.3, 0.4) is 0 Å². The molecule has 0 radical (unpaired) electrons. The lowest BCUT2D eigenvalue weighted by molar-refractivity contribution is -0.113. The van der Waals surface area contributed by atoms with Crippen molar-refractivity contribution in [2.45, 2.75) is 32.2 Å². The van der Waals surface area contributed by atoms with Crippen molar-refractivity contribution in [3.05, 3.63) is 64.7 Å². The van der Waals surface area contributed by atoms with Crippen LogP contribution in [0.25, 0.3) is 0 Å². The minimum absolute atomic E-state index is 0.153. The second-order valence-electron chi connectivity index (χ2n) is 6.21. The fourth-order valence-corrected chi connectivity index (χ4v) is 3.57. The first-order valence-corrected chi connectivity index (χ1v) is 10.3. The van der Waals surface area contributed by atoms with Gasteiger partial charge in [0, 0.05) is 12.2 Å². The molecule has 1 heterocycles. The Kier molecular flexibility index (Phi) is 7.11. The molecule has 0 fully saturated rings. The molecule has 0 bridgehead atoms. The van der Waals surface area contributed by atoms with Crippen LogP contribution in [-0.2, 0) is 17.9 Å². The summed E-state index contributed by atoms with van der Waals surface area (Å²) in [6.07, 6.45) is 0. The first-order valence-electron chi connectivity index (χ1n) is 8.95. The zero-order valence-corrected chi connectivity index (χ0v) is 17.6. The van der Waals surface area contributed by atoms with E-state index in [1.54, 1.807) is 6.07 Å². The van der Waals surface area contributed by atoms with Gasteiger partial charge >= 0.3 is 0 Å². The van der Waals surface area contributed by atoms with E-state index in [0.29, 0.717) is 34.0 Å². The van der Waals surface area contributed by atoms with E-state index in [1.165, 1.54) is 36.0 Å². The number of amides is 1. The molecule has 2 aromatic carbocycles. The van der Waals surface area contributed by atoms with Crippen LogP contribution in [0.15, 0.2) is 47.6 Å². The summed E-state index contributed by atoms with van der Waals surface area (Å²) in [5.41, 5.74) is 1.59. The summed E-state index contributed by atoms with van der Waals surface area (Å²) in [6.45, 7) is 4.78. The predicted octanol–water partition coefficient (Wildman–Crippen LogP) is 4.71. The van der Waals surface area contributed by atoms with E-state index in [1.807, 2.05) is 30.5 Å². The molecule has 3 rings (SSSR count). The molecule has 0 atom stereocenters. The van der Waals surface area contributed by atoms with Crippen molar-refractivity contribution in [3.63, 3.8) is 0 Å². The van der Waals surface area contributed by atoms with Gasteiger partial charge < -0.3 is 14.6 Å². The van der Waals surface area contributed by atoms with Gasteiger partial charge in [0.2, 0.25) is 5.91 Å². The number of thioether (sulfide) groups is 1. The van der Waals surface area contributed by atoms with Crippen LogP contribution in [0.1, 0.15) is 18.3 Å². The maximum absolute atomic E-state index is 12.9. The molecule has 0 saturated carbocycles. The summed E-state index contributed by atoms with van der Waals surface area (Å²) in [6, 6.07) is 11.2. The van der Waals surface area contributed by atoms with Gasteiger partial charge in [-0.2, -0.15) is 0 Å². The second kappa shape index (κ2) is 9.76. The van der Waals surface area contributed by atoms with Crippen LogP contribution in [0.4, 0.5) is 10.1 Å². The number of carbonyl (C=O) groups is 1. The van der Waals surface area contributed by atoms with Gasteiger partial charge in [-0.05, 0) is 55.8 Å². The minimum Gasteiger partial charge on any atom is -0.484 e. The van der Waals surface area contributed by atoms with Crippen molar-refractivity contribution in [1.29, 1.82) is 0 Å². The quantitative estimate of drug-likeness (QED) is 0.520. The largest absolute Gasteiger partial charge is 0.484 e. The molecule has 3 aromatic rings. The van der Waals surface area contributed by atoms with Crippen LogP contribution >= 0.6 is 23.4 Å². The van der Waals surface area contributed by atoms with Crippen molar-refractivity contribution >= 4 is 35.0 Å². The number of hydrogen-bond donors (Lipinski definition) is 1. The normalized spacial score (nSPS) is 10.8. The smallest absolute Gasteiger partial charge is 0.234 e. The van der Waals surface area contributed by atoms with Crippen LogP contribution in [0.5, 0.6) is 5.75 Å². The third-order valence-corrected chi connectivity index (χ3v) is 5.29. The highest BCUT2D eigenvalue weighted by Gasteiger charge is 2.14. The van der Waals surface area contributed by atoms with Crippen molar-refractivity contribution in [2.75, 3.05) is 11.1 Å². The number of aryl methyl sites for hydroxylation is 1. The monoisotopic (exact) mass is 434 g/mol. The van der Waals surface area contributed by atoms with E-state index < -0.39 is 0 Å². The number of aromatic nitrogens is 3. The molecule has 0 aliphatic heterocycles. The lowest BCUT2D eigenvalue weighted by atomic mass is 10.2. The van der Waals surface area contributed by atoms with Crippen molar-refractivity contribution in [3.8, 4) is 5.75 Å². The van der Waals surface area contributed by atoms with Crippen molar-refractivity contribution in [2.24, 2.45) is 0 Å². The third kappa shape index (κ3) is 5.71. The molecule has 0 unspecified atom stereocenters. The molecule has 0 spiro atoms. The Bertz CT molecular complexity index is 995. The fourth-order valence-electron chi connectivity index (χ4n) is 2.57. The number of halogens is 2. The first-order chi connectivity index (χ1) is 14.0. The van der Waals surface area contributed by atoms with Gasteiger partial charge in [0.1, 0.15) is 18.2 Å². The van der Waals surface area contributed by atoms with Crippen LogP contribution in [-0.4, -0.2) is 26.4 Å². The summed E-state index contributed by atoms with van der Waals surface area (Å²) >= 11 is 7.44. The Morgan fingerprint density at radius 1 is 1.24 bits per heavy atom. The lowest BCUT2D eigenvalue weighted by Crippen LogP contribution is -2.15. The molecule has 1 N–H and O–H groups in total. The molecule has 0 saturated heterocycles. The van der Waals surface area contributed by atoms with Gasteiger partial charge in [0.25, 0.3) is 0 Å². The van der Waals surface area contributed by atoms with Gasteiger partial charge in [0.05, 0.1) is 10.8 Å². The number of benzene rings is 2. The highest BCUT2D eigenvalue weighted by Crippen LogP contribution is 2.26. The Morgan fingerprint density at radius 3 is 2.72 bits per heavy atom. The summed E-state index contributed by atoms with van der Waals surface area (Å²) in [7, 11) is 0. The van der Waals surface area contributed by atoms with Gasteiger partial charge in [-0.25, -0.2) is 4.39 Å². The molecular weight excluding hydrogens is 415 g/mol. The van der Waals surface area contributed by atoms with Gasteiger partial charge in [-0.3, -0.25) is 4.79 Å². The molecule has 29 heavy (non-hydrogen) atoms. The zero-order valence-electron chi connectivity index (χ0n) is 16.0. The van der Waals surface area contributed by atoms with E-state index in [-0.39, 0.29) is 24.1 Å². The lowest BCUT2D eigenvalue weighted by Gasteiger charge is -2.10. The summed E-state index contributed by atoms with van der Waals surface area (Å²) < 4.78 is 20.6. The van der Waals surface area contributed by atoms with E-state index in [4.69, 9.17) is 16.3 Å². The minimum atomic E-state index is -0.352. The molecule has 1 aromatic heterocycles. The standard InChI is InChI=1S/C20H20ClFN4O2S/c1-3-26-18(11-28-17-10-13(2)4-9-16(17)21)24-25-20(26)29-12-19(27)23-15-7-5-14(22)6-8-15/h4-10H,3,11-12H2,1-2H3,(H,23,27).